The van der Waals surface area contributed by atoms with Crippen molar-refractivity contribution in [2.75, 3.05) is 0 Å². The van der Waals surface area contributed by atoms with Crippen LogP contribution in [0.1, 0.15) is 48.6 Å². The summed E-state index contributed by atoms with van der Waals surface area (Å²) in [5.74, 6) is 1.33. The summed E-state index contributed by atoms with van der Waals surface area (Å²) in [6.07, 6.45) is 16.2. The average molecular weight is 835 g/mol. The van der Waals surface area contributed by atoms with Gasteiger partial charge in [-0.05, 0) is 113 Å². The first-order valence-electron chi connectivity index (χ1n) is 23.0. The Kier molecular flexibility index (Phi) is 8.48. The average Bonchev–Trinajstić information content (AvgIpc) is 3.97. The number of fused-ring (bicyclic) bond motifs is 10. The van der Waals surface area contributed by atoms with Crippen molar-refractivity contribution < 1.29 is 0 Å². The summed E-state index contributed by atoms with van der Waals surface area (Å²) in [7, 11) is 0. The molecule has 0 saturated heterocycles. The number of aryl methyl sites for hydroxylation is 1. The smallest absolute Gasteiger partial charge is 0.160 e. The highest BCUT2D eigenvalue weighted by Crippen LogP contribution is 2.58. The highest BCUT2D eigenvalue weighted by atomic mass is 15.0. The van der Waals surface area contributed by atoms with Crippen LogP contribution in [0.2, 0.25) is 0 Å². The lowest BCUT2D eigenvalue weighted by molar-refractivity contribution is 0.394. The molecule has 0 bridgehead atoms. The number of aromatic nitrogens is 4. The number of hydrogen-bond acceptors (Lipinski definition) is 2. The molecule has 0 N–H and O–H groups in total. The van der Waals surface area contributed by atoms with Gasteiger partial charge in [-0.15, -0.1) is 0 Å². The lowest BCUT2D eigenvalue weighted by Gasteiger charge is -2.29. The largest absolute Gasteiger partial charge is 0.309 e. The van der Waals surface area contributed by atoms with Gasteiger partial charge >= 0.3 is 0 Å². The maximum atomic E-state index is 5.27. The topological polar surface area (TPSA) is 35.6 Å². The summed E-state index contributed by atoms with van der Waals surface area (Å²) in [4.78, 5) is 10.5. The molecule has 0 amide bonds. The Balaban J connectivity index is 1.08. The molecule has 0 saturated carbocycles. The lowest BCUT2D eigenvalue weighted by Crippen LogP contribution is -2.24. The molecule has 7 aromatic carbocycles. The molecule has 0 aliphatic heterocycles. The van der Waals surface area contributed by atoms with E-state index in [-0.39, 0.29) is 11.3 Å². The van der Waals surface area contributed by atoms with E-state index in [4.69, 9.17) is 9.97 Å². The van der Waals surface area contributed by atoms with Crippen LogP contribution in [0.25, 0.3) is 95.2 Å². The van der Waals surface area contributed by atoms with Crippen LogP contribution >= 0.6 is 0 Å². The Hall–Kier alpha value is -7.82. The Morgan fingerprint density at radius 1 is 0.554 bits per heavy atom. The van der Waals surface area contributed by atoms with Crippen molar-refractivity contribution in [2.24, 2.45) is 5.92 Å². The van der Waals surface area contributed by atoms with Gasteiger partial charge in [-0.3, -0.25) is 0 Å². The van der Waals surface area contributed by atoms with Crippen molar-refractivity contribution >= 4 is 38.8 Å². The monoisotopic (exact) mass is 834 g/mol. The quantitative estimate of drug-likeness (QED) is 0.167. The van der Waals surface area contributed by atoms with E-state index in [1.54, 1.807) is 0 Å². The fraction of sp³-hybridized carbons (Fsp3) is 0.115. The zero-order valence-electron chi connectivity index (χ0n) is 36.5. The third-order valence-electron chi connectivity index (χ3n) is 14.5. The molecule has 3 aromatic heterocycles. The normalized spacial score (nSPS) is 16.9. The van der Waals surface area contributed by atoms with Gasteiger partial charge in [0.2, 0.25) is 0 Å². The van der Waals surface area contributed by atoms with E-state index in [2.05, 4.69) is 229 Å². The van der Waals surface area contributed by atoms with Crippen LogP contribution in [0.5, 0.6) is 0 Å². The second-order valence-electron chi connectivity index (χ2n) is 18.5. The van der Waals surface area contributed by atoms with Gasteiger partial charge in [-0.1, -0.05) is 159 Å². The molecular weight excluding hydrogens is 789 g/mol. The number of nitrogens with zero attached hydrogens (tertiary/aromatic N) is 4. The molecule has 65 heavy (non-hydrogen) atoms. The van der Waals surface area contributed by atoms with E-state index in [9.17, 15) is 0 Å². The number of para-hydroxylation sites is 2. The van der Waals surface area contributed by atoms with Crippen LogP contribution in [0.15, 0.2) is 200 Å². The molecule has 3 aliphatic carbocycles. The minimum atomic E-state index is -0.0992. The Morgan fingerprint density at radius 2 is 1.22 bits per heavy atom. The van der Waals surface area contributed by atoms with Gasteiger partial charge in [0.05, 0.1) is 27.9 Å². The molecule has 10 aromatic rings. The molecule has 3 heterocycles. The predicted molar refractivity (Wildman–Crippen MR) is 270 cm³/mol. The minimum Gasteiger partial charge on any atom is -0.309 e. The fourth-order valence-corrected chi connectivity index (χ4v) is 11.4. The van der Waals surface area contributed by atoms with Gasteiger partial charge in [0, 0.05) is 55.8 Å². The zero-order chi connectivity index (χ0) is 43.2. The highest BCUT2D eigenvalue weighted by molar-refractivity contribution is 6.11. The van der Waals surface area contributed by atoms with Crippen LogP contribution in [0, 0.1) is 5.92 Å². The van der Waals surface area contributed by atoms with Gasteiger partial charge in [-0.25, -0.2) is 9.97 Å². The molecule has 0 spiro atoms. The molecule has 0 fully saturated rings. The predicted octanol–water partition coefficient (Wildman–Crippen LogP) is 15.3. The van der Waals surface area contributed by atoms with E-state index >= 15 is 0 Å². The molecule has 2 atom stereocenters. The third kappa shape index (κ3) is 5.83. The second kappa shape index (κ2) is 14.6. The summed E-state index contributed by atoms with van der Waals surface area (Å²) in [6.45, 7) is 4.91. The number of hydrogen-bond donors (Lipinski definition) is 0. The summed E-state index contributed by atoms with van der Waals surface area (Å²) in [5.41, 5.74) is 19.0. The number of allylic oxidation sites excluding steroid dienone is 5. The molecule has 13 rings (SSSR count). The molecule has 310 valence electrons. The van der Waals surface area contributed by atoms with Gasteiger partial charge < -0.3 is 9.13 Å². The molecule has 4 heteroatoms. The van der Waals surface area contributed by atoms with E-state index in [1.165, 1.54) is 77.6 Å². The van der Waals surface area contributed by atoms with Crippen molar-refractivity contribution in [2.45, 2.75) is 38.0 Å². The van der Waals surface area contributed by atoms with E-state index in [1.807, 2.05) is 0 Å². The first-order valence-corrected chi connectivity index (χ1v) is 23.0. The summed E-state index contributed by atoms with van der Waals surface area (Å²) >= 11 is 0. The fourth-order valence-electron chi connectivity index (χ4n) is 11.4. The SMILES string of the molecule is CC1(C)c2cc(-c3cccc(-c4nc(-c5ccccc5)cc(-c5ccccc5)n4)c3)c3c4c(n(-c5ccc6c(c5)c5ccccc5n6-c5ccccc5)c3c2C2C=CC=CC21)C=CCC4. The number of benzene rings is 7. The van der Waals surface area contributed by atoms with Crippen LogP contribution in [0.4, 0.5) is 0 Å². The minimum absolute atomic E-state index is 0.0992. The summed E-state index contributed by atoms with van der Waals surface area (Å²) < 4.78 is 5.04. The molecule has 4 nitrogen and oxygen atoms in total. The van der Waals surface area contributed by atoms with Crippen LogP contribution < -0.4 is 0 Å². The van der Waals surface area contributed by atoms with Crippen molar-refractivity contribution in [1.82, 2.24) is 19.1 Å². The van der Waals surface area contributed by atoms with Crippen LogP contribution in [-0.4, -0.2) is 19.1 Å². The first-order chi connectivity index (χ1) is 32.0. The Labute approximate surface area is 379 Å². The second-order valence-corrected chi connectivity index (χ2v) is 18.5. The summed E-state index contributed by atoms with van der Waals surface area (Å²) in [6, 6.07) is 61.4. The van der Waals surface area contributed by atoms with E-state index in [0.29, 0.717) is 5.92 Å². The third-order valence-corrected chi connectivity index (χ3v) is 14.5. The van der Waals surface area contributed by atoms with Gasteiger partial charge in [0.1, 0.15) is 0 Å². The van der Waals surface area contributed by atoms with E-state index < -0.39 is 0 Å². The summed E-state index contributed by atoms with van der Waals surface area (Å²) in [5, 5.41) is 3.87. The van der Waals surface area contributed by atoms with Crippen molar-refractivity contribution in [3.63, 3.8) is 0 Å². The zero-order valence-corrected chi connectivity index (χ0v) is 36.5. The van der Waals surface area contributed by atoms with Gasteiger partial charge in [-0.2, -0.15) is 0 Å². The van der Waals surface area contributed by atoms with Gasteiger partial charge in [0.25, 0.3) is 0 Å². The van der Waals surface area contributed by atoms with Crippen molar-refractivity contribution in [1.29, 1.82) is 0 Å². The maximum absolute atomic E-state index is 5.27. The van der Waals surface area contributed by atoms with Crippen molar-refractivity contribution in [3.8, 4) is 56.4 Å². The van der Waals surface area contributed by atoms with Gasteiger partial charge in [0.15, 0.2) is 5.82 Å². The Morgan fingerprint density at radius 3 is 1.98 bits per heavy atom. The standard InChI is InChI=1S/C61H46N4/c1-61(2)50-30-15-12-28-46(50)58-51(61)37-48(41-23-18-24-42(35-41)60-62-52(39-19-6-3-7-20-39)38-53(63-60)40-21-8-4-9-22-40)57-47-29-14-17-32-55(47)65(59(57)58)44-33-34-56-49(36-44)45-27-13-16-31-54(45)64(56)43-25-10-5-11-26-43/h3-13,15-28,30-38,46,50H,14,29H2,1-2H3. The van der Waals surface area contributed by atoms with E-state index in [0.717, 1.165) is 46.7 Å². The van der Waals surface area contributed by atoms with Crippen molar-refractivity contribution in [3.05, 3.63) is 223 Å². The lowest BCUT2D eigenvalue weighted by atomic mass is 9.74. The molecule has 3 aliphatic rings. The molecule has 0 radical (unpaired) electrons. The first kappa shape index (κ1) is 37.7. The van der Waals surface area contributed by atoms with Crippen LogP contribution in [0.3, 0.4) is 0 Å². The molecular formula is C61H46N4. The highest BCUT2D eigenvalue weighted by Gasteiger charge is 2.47. The molecule has 2 unspecified atom stereocenters. The number of rotatable bonds is 6. The van der Waals surface area contributed by atoms with Crippen LogP contribution in [-0.2, 0) is 11.8 Å². The Bertz CT molecular complexity index is 3560. The maximum Gasteiger partial charge on any atom is 0.160 e.